The first-order valence-electron chi connectivity index (χ1n) is 6.47. The summed E-state index contributed by atoms with van der Waals surface area (Å²) in [5.74, 6) is -0.114. The number of hydrogen-bond acceptors (Lipinski definition) is 2. The van der Waals surface area contributed by atoms with E-state index in [1.165, 1.54) is 6.07 Å². The summed E-state index contributed by atoms with van der Waals surface area (Å²) in [6.45, 7) is 1.96. The molecule has 0 aliphatic carbocycles. The zero-order valence-electron chi connectivity index (χ0n) is 11.0. The highest BCUT2D eigenvalue weighted by atomic mass is 19.1. The molecule has 20 heavy (non-hydrogen) atoms. The van der Waals surface area contributed by atoms with Crippen molar-refractivity contribution < 1.29 is 4.39 Å². The van der Waals surface area contributed by atoms with E-state index in [1.807, 2.05) is 13.0 Å². The predicted octanol–water partition coefficient (Wildman–Crippen LogP) is 3.29. The van der Waals surface area contributed by atoms with Crippen LogP contribution in [0.2, 0.25) is 0 Å². The molecule has 2 aromatic carbocycles. The standard InChI is InChI=1S/C16H13FN2O/c1-2-10-7-8-11(13(17)9-10)15-18-14-6-4-3-5-12(14)16(20)19-15/h3-9H,2H2,1H3,(H,18,19,20). The monoisotopic (exact) mass is 268 g/mol. The molecule has 0 aliphatic heterocycles. The van der Waals surface area contributed by atoms with Gasteiger partial charge in [0.25, 0.3) is 5.56 Å². The fourth-order valence-electron chi connectivity index (χ4n) is 2.18. The number of nitrogens with zero attached hydrogens (tertiary/aromatic N) is 1. The third-order valence-electron chi connectivity index (χ3n) is 3.31. The van der Waals surface area contributed by atoms with E-state index < -0.39 is 0 Å². The summed E-state index contributed by atoms with van der Waals surface area (Å²) in [5.41, 5.74) is 1.52. The van der Waals surface area contributed by atoms with Gasteiger partial charge in [-0.25, -0.2) is 9.37 Å². The lowest BCUT2D eigenvalue weighted by atomic mass is 10.1. The van der Waals surface area contributed by atoms with Crippen LogP contribution in [0.5, 0.6) is 0 Å². The van der Waals surface area contributed by atoms with Crippen molar-refractivity contribution in [1.29, 1.82) is 0 Å². The number of aromatic amines is 1. The molecule has 1 N–H and O–H groups in total. The van der Waals surface area contributed by atoms with Crippen LogP contribution < -0.4 is 5.56 Å². The minimum absolute atomic E-state index is 0.258. The van der Waals surface area contributed by atoms with Crippen LogP contribution in [0, 0.1) is 5.82 Å². The Morgan fingerprint density at radius 2 is 2.00 bits per heavy atom. The van der Waals surface area contributed by atoms with Crippen LogP contribution >= 0.6 is 0 Å². The summed E-state index contributed by atoms with van der Waals surface area (Å²) in [5, 5.41) is 0.502. The minimum Gasteiger partial charge on any atom is -0.306 e. The Balaban J connectivity index is 2.22. The van der Waals surface area contributed by atoms with E-state index >= 15 is 0 Å². The van der Waals surface area contributed by atoms with E-state index in [0.717, 1.165) is 12.0 Å². The van der Waals surface area contributed by atoms with Crippen LogP contribution in [-0.2, 0) is 6.42 Å². The second-order valence-electron chi connectivity index (χ2n) is 4.60. The predicted molar refractivity (Wildman–Crippen MR) is 77.1 cm³/mol. The molecule has 0 atom stereocenters. The van der Waals surface area contributed by atoms with E-state index in [1.54, 1.807) is 30.3 Å². The molecule has 1 heterocycles. The molecular formula is C16H13FN2O. The SMILES string of the molecule is CCc1ccc(-c2nc3ccccc3c(=O)[nH]2)c(F)c1. The van der Waals surface area contributed by atoms with Crippen LogP contribution in [0.15, 0.2) is 47.3 Å². The molecule has 0 fully saturated rings. The van der Waals surface area contributed by atoms with E-state index in [9.17, 15) is 9.18 Å². The molecule has 0 aliphatic rings. The third kappa shape index (κ3) is 2.09. The fourth-order valence-corrected chi connectivity index (χ4v) is 2.18. The van der Waals surface area contributed by atoms with Gasteiger partial charge in [-0.1, -0.05) is 25.1 Å². The Morgan fingerprint density at radius 3 is 2.75 bits per heavy atom. The Labute approximate surface area is 115 Å². The van der Waals surface area contributed by atoms with Gasteiger partial charge in [-0.05, 0) is 36.2 Å². The molecule has 0 saturated carbocycles. The molecule has 0 unspecified atom stereocenters. The van der Waals surface area contributed by atoms with Crippen LogP contribution in [0.25, 0.3) is 22.3 Å². The van der Waals surface area contributed by atoms with Crippen molar-refractivity contribution >= 4 is 10.9 Å². The number of aromatic nitrogens is 2. The maximum absolute atomic E-state index is 14.1. The highest BCUT2D eigenvalue weighted by Crippen LogP contribution is 2.21. The van der Waals surface area contributed by atoms with Crippen molar-refractivity contribution in [3.05, 3.63) is 64.2 Å². The lowest BCUT2D eigenvalue weighted by molar-refractivity contribution is 0.628. The van der Waals surface area contributed by atoms with Crippen molar-refractivity contribution in [3.8, 4) is 11.4 Å². The van der Waals surface area contributed by atoms with Gasteiger partial charge in [-0.2, -0.15) is 0 Å². The smallest absolute Gasteiger partial charge is 0.259 e. The van der Waals surface area contributed by atoms with Gasteiger partial charge >= 0.3 is 0 Å². The molecule has 0 amide bonds. The number of H-pyrrole nitrogens is 1. The van der Waals surface area contributed by atoms with Crippen LogP contribution in [-0.4, -0.2) is 9.97 Å². The molecule has 3 aromatic rings. The first kappa shape index (κ1) is 12.5. The minimum atomic E-state index is -0.372. The number of halogens is 1. The zero-order valence-corrected chi connectivity index (χ0v) is 11.0. The Hall–Kier alpha value is -2.49. The van der Waals surface area contributed by atoms with Crippen molar-refractivity contribution in [2.45, 2.75) is 13.3 Å². The number of aryl methyl sites for hydroxylation is 1. The van der Waals surface area contributed by atoms with Gasteiger partial charge in [-0.15, -0.1) is 0 Å². The highest BCUT2D eigenvalue weighted by Gasteiger charge is 2.10. The molecule has 1 aromatic heterocycles. The van der Waals surface area contributed by atoms with Gasteiger partial charge in [0.1, 0.15) is 11.6 Å². The van der Waals surface area contributed by atoms with Gasteiger partial charge in [0.15, 0.2) is 0 Å². The number of hydrogen-bond donors (Lipinski definition) is 1. The highest BCUT2D eigenvalue weighted by molar-refractivity contribution is 5.79. The first-order chi connectivity index (χ1) is 9.69. The lowest BCUT2D eigenvalue weighted by Gasteiger charge is -2.06. The van der Waals surface area contributed by atoms with Gasteiger partial charge in [-0.3, -0.25) is 4.79 Å². The molecule has 100 valence electrons. The average molecular weight is 268 g/mol. The van der Waals surface area contributed by atoms with Gasteiger partial charge in [0, 0.05) is 0 Å². The van der Waals surface area contributed by atoms with Crippen LogP contribution in [0.3, 0.4) is 0 Å². The van der Waals surface area contributed by atoms with Crippen LogP contribution in [0.1, 0.15) is 12.5 Å². The van der Waals surface area contributed by atoms with E-state index in [-0.39, 0.29) is 17.2 Å². The molecule has 0 spiro atoms. The maximum Gasteiger partial charge on any atom is 0.259 e. The number of nitrogens with one attached hydrogen (secondary N) is 1. The summed E-state index contributed by atoms with van der Waals surface area (Å²) >= 11 is 0. The Morgan fingerprint density at radius 1 is 1.20 bits per heavy atom. The van der Waals surface area contributed by atoms with E-state index in [2.05, 4.69) is 9.97 Å². The van der Waals surface area contributed by atoms with Gasteiger partial charge < -0.3 is 4.98 Å². The Kier molecular flexibility index (Phi) is 3.06. The van der Waals surface area contributed by atoms with Crippen molar-refractivity contribution in [2.75, 3.05) is 0 Å². The third-order valence-corrected chi connectivity index (χ3v) is 3.31. The zero-order chi connectivity index (χ0) is 14.1. The summed E-state index contributed by atoms with van der Waals surface area (Å²) in [6.07, 6.45) is 0.763. The second-order valence-corrected chi connectivity index (χ2v) is 4.60. The number of fused-ring (bicyclic) bond motifs is 1. The van der Waals surface area contributed by atoms with Crippen molar-refractivity contribution in [2.24, 2.45) is 0 Å². The second kappa shape index (κ2) is 4.89. The fraction of sp³-hybridized carbons (Fsp3) is 0.125. The molecule has 4 heteroatoms. The quantitative estimate of drug-likeness (QED) is 0.775. The number of benzene rings is 2. The molecule has 0 saturated heterocycles. The van der Waals surface area contributed by atoms with Gasteiger partial charge in [0.2, 0.25) is 0 Å². The van der Waals surface area contributed by atoms with Crippen LogP contribution in [0.4, 0.5) is 4.39 Å². The molecular weight excluding hydrogens is 255 g/mol. The van der Waals surface area contributed by atoms with Crippen molar-refractivity contribution in [3.63, 3.8) is 0 Å². The van der Waals surface area contributed by atoms with Gasteiger partial charge in [0.05, 0.1) is 16.5 Å². The summed E-state index contributed by atoms with van der Waals surface area (Å²) < 4.78 is 14.1. The number of para-hydroxylation sites is 1. The Bertz CT molecular complexity index is 839. The maximum atomic E-state index is 14.1. The summed E-state index contributed by atoms with van der Waals surface area (Å²) in [7, 11) is 0. The topological polar surface area (TPSA) is 45.8 Å². The molecule has 3 rings (SSSR count). The molecule has 0 radical (unpaired) electrons. The molecule has 0 bridgehead atoms. The number of rotatable bonds is 2. The summed E-state index contributed by atoms with van der Waals surface area (Å²) in [4.78, 5) is 19.0. The summed E-state index contributed by atoms with van der Waals surface area (Å²) in [6, 6.07) is 12.0. The lowest BCUT2D eigenvalue weighted by Crippen LogP contribution is -2.10. The largest absolute Gasteiger partial charge is 0.306 e. The van der Waals surface area contributed by atoms with E-state index in [0.29, 0.717) is 16.5 Å². The first-order valence-corrected chi connectivity index (χ1v) is 6.47. The normalized spacial score (nSPS) is 10.9. The average Bonchev–Trinajstić information content (AvgIpc) is 2.47. The van der Waals surface area contributed by atoms with Crippen molar-refractivity contribution in [1.82, 2.24) is 9.97 Å². The molecule has 3 nitrogen and oxygen atoms in total. The van der Waals surface area contributed by atoms with E-state index in [4.69, 9.17) is 0 Å².